The van der Waals surface area contributed by atoms with Crippen molar-refractivity contribution in [3.63, 3.8) is 0 Å². The largest absolute Gasteiger partial charge is 0.507 e. The molecule has 0 aromatic heterocycles. The first-order chi connectivity index (χ1) is 18.0. The molecule has 10 nitrogen and oxygen atoms in total. The van der Waals surface area contributed by atoms with Crippen molar-refractivity contribution < 1.29 is 44.3 Å². The lowest BCUT2D eigenvalue weighted by Gasteiger charge is -2.48. The molecule has 0 radical (unpaired) electrons. The van der Waals surface area contributed by atoms with E-state index in [1.54, 1.807) is 37.3 Å². The summed E-state index contributed by atoms with van der Waals surface area (Å²) in [6, 6.07) is 9.66. The molecule has 6 N–H and O–H groups in total. The molecule has 0 bridgehead atoms. The highest BCUT2D eigenvalue weighted by Crippen LogP contribution is 2.52. The lowest BCUT2D eigenvalue weighted by atomic mass is 9.56. The van der Waals surface area contributed by atoms with Crippen LogP contribution in [0, 0.1) is 17.8 Å². The highest BCUT2D eigenvalue weighted by atomic mass is 16.5. The molecule has 2 unspecified atom stereocenters. The molecule has 0 saturated heterocycles. The Balaban J connectivity index is 1.63. The standard InChI is InChI=1S/C28H27NO9/c1-2-38-27(36)13-5-3-4-12(8-13)16-6-7-18(30)21-17(16)10-14-9-15-11-19(31)22(26(29)35)25(34)28(15,37)24(33)20(14)23(21)32/h3-8,14-15,19,22,30-32,37H,2,9-11H2,1H3,(H2,29,35)/t14-,15+,19?,22?,28+/m1/s1. The van der Waals surface area contributed by atoms with E-state index in [1.165, 1.54) is 6.07 Å². The average Bonchev–Trinajstić information content (AvgIpc) is 2.86. The molecule has 38 heavy (non-hydrogen) atoms. The fraction of sp³-hybridized carbons (Fsp3) is 0.357. The van der Waals surface area contributed by atoms with E-state index in [9.17, 15) is 39.6 Å². The van der Waals surface area contributed by atoms with Crippen LogP contribution in [0.15, 0.2) is 42.0 Å². The molecular formula is C28H27NO9. The molecule has 0 aliphatic heterocycles. The summed E-state index contributed by atoms with van der Waals surface area (Å²) in [6.07, 6.45) is -1.41. The second-order valence-electron chi connectivity index (χ2n) is 10.0. The number of carbonyl (C=O) groups excluding carboxylic acids is 4. The van der Waals surface area contributed by atoms with Gasteiger partial charge in [0, 0.05) is 11.5 Å². The Hall–Kier alpha value is -4.02. The number of phenols is 1. The molecular weight excluding hydrogens is 494 g/mol. The van der Waals surface area contributed by atoms with Gasteiger partial charge in [0.05, 0.1) is 23.8 Å². The van der Waals surface area contributed by atoms with E-state index in [4.69, 9.17) is 10.5 Å². The number of esters is 1. The maximum atomic E-state index is 13.6. The molecule has 198 valence electrons. The van der Waals surface area contributed by atoms with Crippen molar-refractivity contribution in [3.05, 3.63) is 58.7 Å². The lowest BCUT2D eigenvalue weighted by Crippen LogP contribution is -2.66. The first kappa shape index (κ1) is 25.6. The van der Waals surface area contributed by atoms with Crippen molar-refractivity contribution in [1.82, 2.24) is 0 Å². The number of benzene rings is 2. The smallest absolute Gasteiger partial charge is 0.338 e. The normalized spacial score (nSPS) is 28.3. The number of carbonyl (C=O) groups is 4. The van der Waals surface area contributed by atoms with Crippen molar-refractivity contribution in [2.24, 2.45) is 23.5 Å². The van der Waals surface area contributed by atoms with Crippen molar-refractivity contribution in [1.29, 1.82) is 0 Å². The molecule has 2 aromatic rings. The third-order valence-electron chi connectivity index (χ3n) is 7.95. The van der Waals surface area contributed by atoms with Crippen LogP contribution in [0.25, 0.3) is 16.9 Å². The molecule has 2 fully saturated rings. The van der Waals surface area contributed by atoms with Gasteiger partial charge < -0.3 is 30.9 Å². The van der Waals surface area contributed by atoms with Crippen molar-refractivity contribution in [2.75, 3.05) is 6.61 Å². The van der Waals surface area contributed by atoms with Crippen LogP contribution in [0.2, 0.25) is 0 Å². The SMILES string of the molecule is CCOC(=O)c1cccc(-c2ccc(O)c3c2C[C@H]2C[C@H]4CC(O)C(C(N)=O)C(=O)[C@@]4(O)C(=O)C2=C3O)c1. The fourth-order valence-corrected chi connectivity index (χ4v) is 6.22. The van der Waals surface area contributed by atoms with E-state index in [1.807, 2.05) is 0 Å². The number of amides is 1. The van der Waals surface area contributed by atoms with E-state index >= 15 is 0 Å². The van der Waals surface area contributed by atoms with Gasteiger partial charge in [0.1, 0.15) is 17.4 Å². The van der Waals surface area contributed by atoms with Crippen LogP contribution in [0.4, 0.5) is 0 Å². The zero-order valence-corrected chi connectivity index (χ0v) is 20.5. The number of rotatable bonds is 4. The monoisotopic (exact) mass is 521 g/mol. The molecule has 10 heteroatoms. The summed E-state index contributed by atoms with van der Waals surface area (Å²) in [7, 11) is 0. The summed E-state index contributed by atoms with van der Waals surface area (Å²) < 4.78 is 5.09. The van der Waals surface area contributed by atoms with Crippen LogP contribution in [-0.4, -0.2) is 62.2 Å². The molecule has 3 aliphatic rings. The number of hydrogen-bond donors (Lipinski definition) is 5. The number of hydrogen-bond acceptors (Lipinski definition) is 9. The number of ether oxygens (including phenoxy) is 1. The Labute approximate surface area is 217 Å². The van der Waals surface area contributed by atoms with Crippen LogP contribution < -0.4 is 5.73 Å². The van der Waals surface area contributed by atoms with Gasteiger partial charge in [-0.2, -0.15) is 0 Å². The Morgan fingerprint density at radius 2 is 1.87 bits per heavy atom. The number of Topliss-reactive ketones (excluding diaryl/α,β-unsaturated/α-hetero) is 2. The fourth-order valence-electron chi connectivity index (χ4n) is 6.22. The van der Waals surface area contributed by atoms with Gasteiger partial charge >= 0.3 is 5.97 Å². The number of aliphatic hydroxyl groups excluding tert-OH is 2. The number of aromatic hydroxyl groups is 1. The maximum Gasteiger partial charge on any atom is 0.338 e. The molecule has 0 spiro atoms. The zero-order valence-electron chi connectivity index (χ0n) is 20.5. The quantitative estimate of drug-likeness (QED) is 0.293. The van der Waals surface area contributed by atoms with Gasteiger partial charge in [0.2, 0.25) is 11.7 Å². The third kappa shape index (κ3) is 3.63. The second kappa shape index (κ2) is 9.07. The topological polar surface area (TPSA) is 184 Å². The summed E-state index contributed by atoms with van der Waals surface area (Å²) in [5, 5.41) is 43.7. The van der Waals surface area contributed by atoms with Gasteiger partial charge in [0.25, 0.3) is 0 Å². The first-order valence-corrected chi connectivity index (χ1v) is 12.3. The number of ketones is 2. The summed E-state index contributed by atoms with van der Waals surface area (Å²) in [5.74, 6) is -8.15. The van der Waals surface area contributed by atoms with Crippen molar-refractivity contribution in [3.8, 4) is 16.9 Å². The minimum Gasteiger partial charge on any atom is -0.507 e. The summed E-state index contributed by atoms with van der Waals surface area (Å²) >= 11 is 0. The Morgan fingerprint density at radius 3 is 2.55 bits per heavy atom. The van der Waals surface area contributed by atoms with Gasteiger partial charge in [-0.15, -0.1) is 0 Å². The van der Waals surface area contributed by atoms with Crippen LogP contribution in [0.5, 0.6) is 5.75 Å². The molecule has 2 saturated carbocycles. The molecule has 2 aromatic carbocycles. The van der Waals surface area contributed by atoms with Crippen LogP contribution in [0.3, 0.4) is 0 Å². The second-order valence-corrected chi connectivity index (χ2v) is 10.0. The van der Waals surface area contributed by atoms with Crippen molar-refractivity contribution in [2.45, 2.75) is 37.9 Å². The Morgan fingerprint density at radius 1 is 1.13 bits per heavy atom. The predicted molar refractivity (Wildman–Crippen MR) is 133 cm³/mol. The summed E-state index contributed by atoms with van der Waals surface area (Å²) in [4.78, 5) is 50.8. The van der Waals surface area contributed by atoms with Gasteiger partial charge in [-0.3, -0.25) is 14.4 Å². The summed E-state index contributed by atoms with van der Waals surface area (Å²) in [5.41, 5.74) is 4.48. The maximum absolute atomic E-state index is 13.6. The lowest BCUT2D eigenvalue weighted by molar-refractivity contribution is -0.174. The third-order valence-corrected chi connectivity index (χ3v) is 7.95. The molecule has 1 amide bonds. The van der Waals surface area contributed by atoms with Crippen LogP contribution in [0.1, 0.15) is 41.3 Å². The van der Waals surface area contributed by atoms with E-state index in [0.29, 0.717) is 22.3 Å². The van der Waals surface area contributed by atoms with E-state index < -0.39 is 58.7 Å². The predicted octanol–water partition coefficient (Wildman–Crippen LogP) is 1.43. The number of primary amides is 1. The Kier molecular flexibility index (Phi) is 6.12. The van der Waals surface area contributed by atoms with E-state index in [2.05, 4.69) is 0 Å². The highest BCUT2D eigenvalue weighted by molar-refractivity contribution is 6.24. The Bertz CT molecular complexity index is 1430. The van der Waals surface area contributed by atoms with E-state index in [0.717, 1.165) is 0 Å². The highest BCUT2D eigenvalue weighted by Gasteiger charge is 2.63. The number of nitrogens with two attached hydrogens (primary N) is 1. The zero-order chi connectivity index (χ0) is 27.5. The van der Waals surface area contributed by atoms with Gasteiger partial charge in [-0.1, -0.05) is 18.2 Å². The number of fused-ring (bicyclic) bond motifs is 3. The first-order valence-electron chi connectivity index (χ1n) is 12.3. The molecule has 0 heterocycles. The number of phenolic OH excluding ortho intramolecular Hbond substituents is 1. The molecule has 3 aliphatic carbocycles. The minimum absolute atomic E-state index is 0.0135. The van der Waals surface area contributed by atoms with Gasteiger partial charge in [0.15, 0.2) is 11.4 Å². The molecule has 5 atom stereocenters. The van der Waals surface area contributed by atoms with Gasteiger partial charge in [-0.25, -0.2) is 4.79 Å². The molecule has 5 rings (SSSR count). The van der Waals surface area contributed by atoms with E-state index in [-0.39, 0.29) is 42.8 Å². The van der Waals surface area contributed by atoms with Crippen molar-refractivity contribution >= 4 is 29.2 Å². The average molecular weight is 522 g/mol. The van der Waals surface area contributed by atoms with Crippen LogP contribution in [-0.2, 0) is 25.5 Å². The minimum atomic E-state index is -2.63. The van der Waals surface area contributed by atoms with Crippen LogP contribution >= 0.6 is 0 Å². The van der Waals surface area contributed by atoms with Gasteiger partial charge in [-0.05, 0) is 67.0 Å². The summed E-state index contributed by atoms with van der Waals surface area (Å²) in [6.45, 7) is 1.91. The number of aliphatic hydroxyl groups is 3.